The molecule has 0 amide bonds. The van der Waals surface area contributed by atoms with Crippen molar-refractivity contribution in [1.29, 1.82) is 0 Å². The Kier molecular flexibility index (Phi) is 3.84. The SMILES string of the molecule is CC.CC1(C)C=Cc2ccncc2C=C1. The normalized spacial score (nSPS) is 16.0. The minimum Gasteiger partial charge on any atom is -0.264 e. The average molecular weight is 201 g/mol. The summed E-state index contributed by atoms with van der Waals surface area (Å²) in [6.07, 6.45) is 12.5. The van der Waals surface area contributed by atoms with Crippen LogP contribution in [0.25, 0.3) is 12.2 Å². The van der Waals surface area contributed by atoms with Gasteiger partial charge in [-0.1, -0.05) is 52.0 Å². The molecule has 0 atom stereocenters. The van der Waals surface area contributed by atoms with Gasteiger partial charge in [-0.2, -0.15) is 0 Å². The van der Waals surface area contributed by atoms with Gasteiger partial charge in [0.1, 0.15) is 0 Å². The summed E-state index contributed by atoms with van der Waals surface area (Å²) in [6.45, 7) is 8.39. The van der Waals surface area contributed by atoms with Crippen LogP contribution in [0.15, 0.2) is 30.6 Å². The standard InChI is InChI=1S/C12H13N.C2H6/c1-12(2)6-3-10-5-8-13-9-11(10)4-7-12;1-2/h3-9H,1-2H3;1-2H3. The van der Waals surface area contributed by atoms with Crippen molar-refractivity contribution in [3.63, 3.8) is 0 Å². The molecule has 1 aliphatic rings. The molecule has 0 saturated carbocycles. The molecule has 15 heavy (non-hydrogen) atoms. The van der Waals surface area contributed by atoms with E-state index in [1.807, 2.05) is 32.3 Å². The molecule has 1 heteroatoms. The molecule has 0 unspecified atom stereocenters. The van der Waals surface area contributed by atoms with Crippen molar-refractivity contribution in [2.45, 2.75) is 27.7 Å². The third-order valence-electron chi connectivity index (χ3n) is 2.27. The number of fused-ring (bicyclic) bond motifs is 1. The van der Waals surface area contributed by atoms with E-state index in [0.29, 0.717) is 0 Å². The molecule has 1 nitrogen and oxygen atoms in total. The lowest BCUT2D eigenvalue weighted by Crippen LogP contribution is -1.99. The van der Waals surface area contributed by atoms with Crippen LogP contribution in [0.3, 0.4) is 0 Å². The number of aromatic nitrogens is 1. The predicted octanol–water partition coefficient (Wildman–Crippen LogP) is 4.17. The van der Waals surface area contributed by atoms with Crippen LogP contribution in [0.5, 0.6) is 0 Å². The van der Waals surface area contributed by atoms with E-state index in [0.717, 1.165) is 0 Å². The van der Waals surface area contributed by atoms with Gasteiger partial charge >= 0.3 is 0 Å². The van der Waals surface area contributed by atoms with Crippen molar-refractivity contribution >= 4 is 12.2 Å². The van der Waals surface area contributed by atoms with E-state index in [1.165, 1.54) is 11.1 Å². The molecular weight excluding hydrogens is 182 g/mol. The molecule has 80 valence electrons. The highest BCUT2D eigenvalue weighted by Gasteiger charge is 2.11. The minimum atomic E-state index is 0.152. The van der Waals surface area contributed by atoms with Gasteiger partial charge in [0, 0.05) is 17.8 Å². The topological polar surface area (TPSA) is 12.9 Å². The van der Waals surface area contributed by atoms with Crippen molar-refractivity contribution in [1.82, 2.24) is 4.98 Å². The monoisotopic (exact) mass is 201 g/mol. The zero-order valence-electron chi connectivity index (χ0n) is 9.99. The van der Waals surface area contributed by atoms with Crippen molar-refractivity contribution in [2.75, 3.05) is 0 Å². The summed E-state index contributed by atoms with van der Waals surface area (Å²) < 4.78 is 0. The number of pyridine rings is 1. The molecule has 0 saturated heterocycles. The van der Waals surface area contributed by atoms with Crippen LogP contribution in [-0.2, 0) is 0 Å². The molecule has 1 aromatic rings. The highest BCUT2D eigenvalue weighted by molar-refractivity contribution is 5.67. The first-order valence-electron chi connectivity index (χ1n) is 5.50. The molecular formula is C14H19N. The zero-order chi connectivity index (χ0) is 11.3. The van der Waals surface area contributed by atoms with Crippen LogP contribution in [0.1, 0.15) is 38.8 Å². The fraction of sp³-hybridized carbons (Fsp3) is 0.357. The van der Waals surface area contributed by atoms with Gasteiger partial charge in [-0.3, -0.25) is 4.98 Å². The third-order valence-corrected chi connectivity index (χ3v) is 2.27. The average Bonchev–Trinajstić information content (AvgIpc) is 2.42. The van der Waals surface area contributed by atoms with Gasteiger partial charge in [-0.15, -0.1) is 0 Å². The quantitative estimate of drug-likeness (QED) is 0.613. The van der Waals surface area contributed by atoms with Gasteiger partial charge in [0.05, 0.1) is 0 Å². The highest BCUT2D eigenvalue weighted by atomic mass is 14.6. The Hall–Kier alpha value is -1.37. The lowest BCUT2D eigenvalue weighted by atomic mass is 9.93. The first-order valence-corrected chi connectivity index (χ1v) is 5.50. The van der Waals surface area contributed by atoms with Crippen molar-refractivity contribution in [3.05, 3.63) is 41.7 Å². The smallest absolute Gasteiger partial charge is 0.0346 e. The van der Waals surface area contributed by atoms with Crippen LogP contribution in [0.4, 0.5) is 0 Å². The van der Waals surface area contributed by atoms with Crippen molar-refractivity contribution in [3.8, 4) is 0 Å². The van der Waals surface area contributed by atoms with E-state index in [9.17, 15) is 0 Å². The molecule has 0 radical (unpaired) electrons. The second kappa shape index (κ2) is 4.92. The van der Waals surface area contributed by atoms with Crippen LogP contribution in [-0.4, -0.2) is 4.98 Å². The summed E-state index contributed by atoms with van der Waals surface area (Å²) in [6, 6.07) is 2.04. The number of allylic oxidation sites excluding steroid dienone is 2. The molecule has 2 rings (SSSR count). The maximum absolute atomic E-state index is 4.10. The second-order valence-corrected chi connectivity index (χ2v) is 3.99. The van der Waals surface area contributed by atoms with E-state index in [1.54, 1.807) is 0 Å². The van der Waals surface area contributed by atoms with Crippen LogP contribution in [0, 0.1) is 5.41 Å². The first-order chi connectivity index (χ1) is 7.17. The van der Waals surface area contributed by atoms with E-state index in [-0.39, 0.29) is 5.41 Å². The molecule has 0 aromatic carbocycles. The summed E-state index contributed by atoms with van der Waals surface area (Å²) in [5, 5.41) is 0. The molecule has 1 heterocycles. The fourth-order valence-corrected chi connectivity index (χ4v) is 1.37. The highest BCUT2D eigenvalue weighted by Crippen LogP contribution is 2.26. The third kappa shape index (κ3) is 3.05. The molecule has 1 aliphatic carbocycles. The summed E-state index contributed by atoms with van der Waals surface area (Å²) >= 11 is 0. The Morgan fingerprint density at radius 3 is 2.27 bits per heavy atom. The van der Waals surface area contributed by atoms with Gasteiger partial charge in [-0.25, -0.2) is 0 Å². The van der Waals surface area contributed by atoms with E-state index in [4.69, 9.17) is 0 Å². The van der Waals surface area contributed by atoms with E-state index >= 15 is 0 Å². The van der Waals surface area contributed by atoms with Crippen LogP contribution >= 0.6 is 0 Å². The maximum Gasteiger partial charge on any atom is 0.0346 e. The number of hydrogen-bond acceptors (Lipinski definition) is 1. The predicted molar refractivity (Wildman–Crippen MR) is 67.4 cm³/mol. The number of nitrogens with zero attached hydrogens (tertiary/aromatic N) is 1. The summed E-state index contributed by atoms with van der Waals surface area (Å²) in [5.74, 6) is 0. The Morgan fingerprint density at radius 2 is 1.60 bits per heavy atom. The van der Waals surface area contributed by atoms with E-state index < -0.39 is 0 Å². The number of hydrogen-bond donors (Lipinski definition) is 0. The van der Waals surface area contributed by atoms with Gasteiger partial charge < -0.3 is 0 Å². The second-order valence-electron chi connectivity index (χ2n) is 3.99. The Morgan fingerprint density at radius 1 is 1.00 bits per heavy atom. The van der Waals surface area contributed by atoms with Crippen molar-refractivity contribution in [2.24, 2.45) is 5.41 Å². The molecule has 0 bridgehead atoms. The van der Waals surface area contributed by atoms with Crippen LogP contribution < -0.4 is 0 Å². The molecule has 0 aliphatic heterocycles. The molecule has 0 fully saturated rings. The first kappa shape index (κ1) is 11.7. The fourth-order valence-electron chi connectivity index (χ4n) is 1.37. The largest absolute Gasteiger partial charge is 0.264 e. The Balaban J connectivity index is 0.000000531. The van der Waals surface area contributed by atoms with Crippen molar-refractivity contribution < 1.29 is 0 Å². The van der Waals surface area contributed by atoms with Gasteiger partial charge in [0.25, 0.3) is 0 Å². The van der Waals surface area contributed by atoms with Gasteiger partial charge in [0.2, 0.25) is 0 Å². The summed E-state index contributed by atoms with van der Waals surface area (Å²) in [7, 11) is 0. The lowest BCUT2D eigenvalue weighted by Gasteiger charge is -2.11. The minimum absolute atomic E-state index is 0.152. The summed E-state index contributed by atoms with van der Waals surface area (Å²) in [5.41, 5.74) is 2.60. The Bertz CT molecular complexity index is 338. The number of rotatable bonds is 0. The molecule has 0 spiro atoms. The van der Waals surface area contributed by atoms with Crippen LogP contribution in [0.2, 0.25) is 0 Å². The Labute approximate surface area is 92.6 Å². The zero-order valence-corrected chi connectivity index (χ0v) is 9.99. The maximum atomic E-state index is 4.10. The van der Waals surface area contributed by atoms with Gasteiger partial charge in [0.15, 0.2) is 0 Å². The molecule has 1 aromatic heterocycles. The van der Waals surface area contributed by atoms with Gasteiger partial charge in [-0.05, 0) is 17.2 Å². The lowest BCUT2D eigenvalue weighted by molar-refractivity contribution is 0.633. The summed E-state index contributed by atoms with van der Waals surface area (Å²) in [4.78, 5) is 4.10. The molecule has 0 N–H and O–H groups in total. The van der Waals surface area contributed by atoms with E-state index in [2.05, 4.69) is 43.1 Å².